The molecule has 0 aliphatic rings. The van der Waals surface area contributed by atoms with Gasteiger partial charge in [0.05, 0.1) is 0 Å². The van der Waals surface area contributed by atoms with Crippen molar-refractivity contribution in [3.63, 3.8) is 0 Å². The third-order valence-corrected chi connectivity index (χ3v) is 6.33. The average molecular weight is 513 g/mol. The molecule has 1 atom stereocenters. The van der Waals surface area contributed by atoms with Crippen LogP contribution in [-0.4, -0.2) is 47.3 Å². The lowest BCUT2D eigenvalue weighted by Crippen LogP contribution is -2.42. The number of nitrogens with zero attached hydrogens (tertiary/aromatic N) is 3. The van der Waals surface area contributed by atoms with Crippen molar-refractivity contribution in [1.29, 1.82) is 0 Å². The van der Waals surface area contributed by atoms with Gasteiger partial charge in [0.15, 0.2) is 0 Å². The Balaban J connectivity index is 1.42. The number of carbonyl (C=O) groups is 2. The molecule has 1 amide bonds. The Bertz CT molecular complexity index is 1400. The van der Waals surface area contributed by atoms with E-state index < -0.39 is 17.9 Å². The molecule has 0 bridgehead atoms. The minimum Gasteiger partial charge on any atom is -0.480 e. The molecule has 1 heterocycles. The van der Waals surface area contributed by atoms with Gasteiger partial charge in [0.1, 0.15) is 6.04 Å². The van der Waals surface area contributed by atoms with E-state index in [1.165, 1.54) is 0 Å². The quantitative estimate of drug-likeness (QED) is 0.334. The second-order valence-electron chi connectivity index (χ2n) is 10.5. The van der Waals surface area contributed by atoms with Crippen LogP contribution in [0.4, 0.5) is 5.69 Å². The largest absolute Gasteiger partial charge is 0.480 e. The molecule has 38 heavy (non-hydrogen) atoms. The Hall–Kier alpha value is -4.46. The molecule has 4 rings (SSSR count). The van der Waals surface area contributed by atoms with Gasteiger partial charge in [0.2, 0.25) is 5.82 Å². The second-order valence-corrected chi connectivity index (χ2v) is 10.5. The molecule has 0 spiro atoms. The summed E-state index contributed by atoms with van der Waals surface area (Å²) in [6, 6.07) is 21.2. The predicted molar refractivity (Wildman–Crippen MR) is 147 cm³/mol. The first-order valence-electron chi connectivity index (χ1n) is 12.4. The average Bonchev–Trinajstić information content (AvgIpc) is 3.38. The molecule has 3 aromatic carbocycles. The SMILES string of the molecule is CN(C)c1ccc(-c2nc(-c3ccc(CC(NC(=O)c4ccc(C(C)(C)C)cc4)C(=O)O)cc3)no2)cc1. The Labute approximate surface area is 222 Å². The summed E-state index contributed by atoms with van der Waals surface area (Å²) >= 11 is 0. The van der Waals surface area contributed by atoms with Gasteiger partial charge < -0.3 is 19.8 Å². The first kappa shape index (κ1) is 26.6. The topological polar surface area (TPSA) is 109 Å². The second kappa shape index (κ2) is 10.9. The van der Waals surface area contributed by atoms with E-state index in [1.54, 1.807) is 24.3 Å². The molecule has 1 aromatic heterocycles. The van der Waals surface area contributed by atoms with E-state index in [4.69, 9.17) is 4.52 Å². The van der Waals surface area contributed by atoms with E-state index >= 15 is 0 Å². The highest BCUT2D eigenvalue weighted by atomic mass is 16.5. The van der Waals surface area contributed by atoms with E-state index in [2.05, 4.69) is 36.2 Å². The smallest absolute Gasteiger partial charge is 0.326 e. The Kier molecular flexibility index (Phi) is 7.62. The van der Waals surface area contributed by atoms with Crippen molar-refractivity contribution in [2.75, 3.05) is 19.0 Å². The number of carboxylic acid groups (broad SMARTS) is 1. The van der Waals surface area contributed by atoms with Crippen molar-refractivity contribution in [2.45, 2.75) is 38.6 Å². The lowest BCUT2D eigenvalue weighted by atomic mass is 9.86. The maximum Gasteiger partial charge on any atom is 0.326 e. The van der Waals surface area contributed by atoms with Crippen LogP contribution in [0.2, 0.25) is 0 Å². The highest BCUT2D eigenvalue weighted by molar-refractivity contribution is 5.96. The van der Waals surface area contributed by atoms with Gasteiger partial charge in [-0.2, -0.15) is 4.98 Å². The zero-order chi connectivity index (χ0) is 27.4. The van der Waals surface area contributed by atoms with Crippen molar-refractivity contribution in [3.05, 3.63) is 89.5 Å². The van der Waals surface area contributed by atoms with Crippen LogP contribution in [0.25, 0.3) is 22.8 Å². The van der Waals surface area contributed by atoms with E-state index in [9.17, 15) is 14.7 Å². The van der Waals surface area contributed by atoms with Gasteiger partial charge in [-0.05, 0) is 52.9 Å². The summed E-state index contributed by atoms with van der Waals surface area (Å²) in [5.74, 6) is -0.673. The molecular weight excluding hydrogens is 480 g/mol. The number of carboxylic acids is 1. The van der Waals surface area contributed by atoms with Gasteiger partial charge in [-0.15, -0.1) is 0 Å². The van der Waals surface area contributed by atoms with E-state index in [0.29, 0.717) is 17.3 Å². The summed E-state index contributed by atoms with van der Waals surface area (Å²) < 4.78 is 5.44. The van der Waals surface area contributed by atoms with Gasteiger partial charge in [0, 0.05) is 42.9 Å². The maximum absolute atomic E-state index is 12.7. The first-order valence-corrected chi connectivity index (χ1v) is 12.4. The van der Waals surface area contributed by atoms with Crippen LogP contribution in [0.5, 0.6) is 0 Å². The summed E-state index contributed by atoms with van der Waals surface area (Å²) in [4.78, 5) is 31.1. The number of hydrogen-bond donors (Lipinski definition) is 2. The number of hydrogen-bond acceptors (Lipinski definition) is 6. The van der Waals surface area contributed by atoms with Crippen molar-refractivity contribution in [1.82, 2.24) is 15.5 Å². The molecule has 8 nitrogen and oxygen atoms in total. The number of anilines is 1. The third-order valence-electron chi connectivity index (χ3n) is 6.33. The predicted octanol–water partition coefficient (Wildman–Crippen LogP) is 5.19. The molecule has 4 aromatic rings. The van der Waals surface area contributed by atoms with Crippen molar-refractivity contribution in [3.8, 4) is 22.8 Å². The normalized spacial score (nSPS) is 12.1. The summed E-state index contributed by atoms with van der Waals surface area (Å²) in [5, 5.41) is 16.4. The first-order chi connectivity index (χ1) is 18.0. The zero-order valence-electron chi connectivity index (χ0n) is 22.2. The van der Waals surface area contributed by atoms with Crippen LogP contribution in [0.1, 0.15) is 42.3 Å². The van der Waals surface area contributed by atoms with Gasteiger partial charge in [-0.25, -0.2) is 4.79 Å². The third kappa shape index (κ3) is 6.26. The van der Waals surface area contributed by atoms with Crippen molar-refractivity contribution >= 4 is 17.6 Å². The molecule has 0 aliphatic heterocycles. The molecule has 0 fully saturated rings. The standard InChI is InChI=1S/C30H32N4O4/c1-30(2,3)23-14-10-21(11-15-23)27(35)31-25(29(36)37)18-19-6-8-20(9-7-19)26-32-28(38-33-26)22-12-16-24(17-13-22)34(4)5/h6-17,25H,18H2,1-5H3,(H,31,35)(H,36,37). The van der Waals surface area contributed by atoms with E-state index in [0.717, 1.165) is 27.9 Å². The monoisotopic (exact) mass is 512 g/mol. The zero-order valence-corrected chi connectivity index (χ0v) is 22.2. The number of aliphatic carboxylic acids is 1. The maximum atomic E-state index is 12.7. The molecule has 2 N–H and O–H groups in total. The van der Waals surface area contributed by atoms with Crippen molar-refractivity contribution < 1.29 is 19.2 Å². The van der Waals surface area contributed by atoms with Crippen LogP contribution < -0.4 is 10.2 Å². The Morgan fingerprint density at radius 3 is 2.08 bits per heavy atom. The van der Waals surface area contributed by atoms with Crippen LogP contribution >= 0.6 is 0 Å². The summed E-state index contributed by atoms with van der Waals surface area (Å²) in [6.45, 7) is 6.28. The van der Waals surface area contributed by atoms with Crippen LogP contribution in [0.3, 0.4) is 0 Å². The van der Waals surface area contributed by atoms with E-state index in [1.807, 2.05) is 67.5 Å². The molecule has 0 saturated heterocycles. The molecule has 0 radical (unpaired) electrons. The lowest BCUT2D eigenvalue weighted by Gasteiger charge is -2.19. The fourth-order valence-electron chi connectivity index (χ4n) is 3.95. The Morgan fingerprint density at radius 1 is 0.921 bits per heavy atom. The fourth-order valence-corrected chi connectivity index (χ4v) is 3.95. The summed E-state index contributed by atoms with van der Waals surface area (Å²) in [7, 11) is 3.95. The number of aromatic nitrogens is 2. The summed E-state index contributed by atoms with van der Waals surface area (Å²) in [6.07, 6.45) is 0.136. The molecule has 0 saturated carbocycles. The number of benzene rings is 3. The number of nitrogens with one attached hydrogen (secondary N) is 1. The molecule has 1 unspecified atom stereocenters. The minimum atomic E-state index is -1.10. The van der Waals surface area contributed by atoms with Crippen molar-refractivity contribution in [2.24, 2.45) is 0 Å². The number of amides is 1. The lowest BCUT2D eigenvalue weighted by molar-refractivity contribution is -0.139. The number of rotatable bonds is 8. The molecule has 8 heteroatoms. The molecular formula is C30H32N4O4. The van der Waals surface area contributed by atoms with Gasteiger partial charge in [-0.3, -0.25) is 4.79 Å². The fraction of sp³-hybridized carbons (Fsp3) is 0.267. The minimum absolute atomic E-state index is 0.0363. The Morgan fingerprint density at radius 2 is 1.53 bits per heavy atom. The van der Waals surface area contributed by atoms with Gasteiger partial charge in [-0.1, -0.05) is 62.3 Å². The van der Waals surface area contributed by atoms with E-state index in [-0.39, 0.29) is 11.8 Å². The molecule has 0 aliphatic carbocycles. The van der Waals surface area contributed by atoms with Gasteiger partial charge in [0.25, 0.3) is 11.8 Å². The highest BCUT2D eigenvalue weighted by Crippen LogP contribution is 2.25. The molecule has 196 valence electrons. The van der Waals surface area contributed by atoms with Gasteiger partial charge >= 0.3 is 5.97 Å². The summed E-state index contributed by atoms with van der Waals surface area (Å²) in [5.41, 5.74) is 4.86. The van der Waals surface area contributed by atoms with Crippen LogP contribution in [0, 0.1) is 0 Å². The highest BCUT2D eigenvalue weighted by Gasteiger charge is 2.22. The van der Waals surface area contributed by atoms with Crippen LogP contribution in [0.15, 0.2) is 77.3 Å². The number of carbonyl (C=O) groups excluding carboxylic acids is 1. The van der Waals surface area contributed by atoms with Crippen LogP contribution in [-0.2, 0) is 16.6 Å².